The lowest BCUT2D eigenvalue weighted by atomic mass is 10.1. The van der Waals surface area contributed by atoms with Gasteiger partial charge in [0.25, 0.3) is 0 Å². The average Bonchev–Trinajstić information content (AvgIpc) is 2.74. The Bertz CT molecular complexity index is 454. The van der Waals surface area contributed by atoms with Gasteiger partial charge >= 0.3 is 0 Å². The van der Waals surface area contributed by atoms with Crippen molar-refractivity contribution in [3.05, 3.63) is 28.8 Å². The Kier molecular flexibility index (Phi) is 3.90. The van der Waals surface area contributed by atoms with Gasteiger partial charge in [-0.1, -0.05) is 12.1 Å². The molecule has 0 aromatic heterocycles. The highest BCUT2D eigenvalue weighted by Gasteiger charge is 2.19. The molecule has 0 N–H and O–H groups in total. The van der Waals surface area contributed by atoms with Gasteiger partial charge in [0.15, 0.2) is 0 Å². The lowest BCUT2D eigenvalue weighted by Crippen LogP contribution is -2.29. The molecule has 18 heavy (non-hydrogen) atoms. The molecule has 0 atom stereocenters. The summed E-state index contributed by atoms with van der Waals surface area (Å²) >= 11 is 0. The first-order valence-electron chi connectivity index (χ1n) is 6.57. The quantitative estimate of drug-likeness (QED) is 0.818. The summed E-state index contributed by atoms with van der Waals surface area (Å²) in [6.07, 6.45) is 1.68. The van der Waals surface area contributed by atoms with Crippen LogP contribution in [0.4, 0.5) is 0 Å². The second kappa shape index (κ2) is 5.42. The number of hydrogen-bond donors (Lipinski definition) is 0. The van der Waals surface area contributed by atoms with Crippen molar-refractivity contribution in [2.75, 3.05) is 19.7 Å². The van der Waals surface area contributed by atoms with E-state index in [2.05, 4.69) is 32.9 Å². The summed E-state index contributed by atoms with van der Waals surface area (Å²) in [6.45, 7) is 8.39. The van der Waals surface area contributed by atoms with Crippen molar-refractivity contribution in [2.45, 2.75) is 33.6 Å². The number of carbonyl (C=O) groups is 1. The number of amides is 1. The van der Waals surface area contributed by atoms with Crippen LogP contribution in [0, 0.1) is 20.8 Å². The van der Waals surface area contributed by atoms with Crippen molar-refractivity contribution in [1.82, 2.24) is 4.90 Å². The topological polar surface area (TPSA) is 29.5 Å². The number of rotatable bonds is 4. The van der Waals surface area contributed by atoms with Crippen molar-refractivity contribution >= 4 is 5.91 Å². The van der Waals surface area contributed by atoms with Gasteiger partial charge in [-0.3, -0.25) is 4.79 Å². The smallest absolute Gasteiger partial charge is 0.222 e. The third-order valence-electron chi connectivity index (χ3n) is 3.65. The first kappa shape index (κ1) is 12.9. The molecule has 1 aliphatic rings. The molecule has 1 saturated heterocycles. The number of carbonyl (C=O) groups excluding carboxylic acids is 1. The van der Waals surface area contributed by atoms with E-state index in [1.54, 1.807) is 0 Å². The van der Waals surface area contributed by atoms with Gasteiger partial charge in [-0.05, 0) is 43.9 Å². The zero-order valence-electron chi connectivity index (χ0n) is 11.5. The summed E-state index contributed by atoms with van der Waals surface area (Å²) in [5.41, 5.74) is 3.60. The summed E-state index contributed by atoms with van der Waals surface area (Å²) in [6, 6.07) is 4.19. The highest BCUT2D eigenvalue weighted by molar-refractivity contribution is 5.78. The van der Waals surface area contributed by atoms with Crippen molar-refractivity contribution in [3.8, 4) is 5.75 Å². The summed E-state index contributed by atoms with van der Waals surface area (Å²) < 4.78 is 5.86. The van der Waals surface area contributed by atoms with E-state index in [4.69, 9.17) is 4.74 Å². The van der Waals surface area contributed by atoms with Crippen LogP contribution in [0.2, 0.25) is 0 Å². The fourth-order valence-electron chi connectivity index (χ4n) is 2.35. The normalized spacial score (nSPS) is 15.3. The highest BCUT2D eigenvalue weighted by atomic mass is 16.5. The molecule has 0 aliphatic carbocycles. The van der Waals surface area contributed by atoms with Crippen LogP contribution in [0.5, 0.6) is 5.75 Å². The van der Waals surface area contributed by atoms with E-state index in [0.29, 0.717) is 19.6 Å². The number of benzene rings is 1. The summed E-state index contributed by atoms with van der Waals surface area (Å²) in [7, 11) is 0. The van der Waals surface area contributed by atoms with E-state index in [9.17, 15) is 4.79 Å². The van der Waals surface area contributed by atoms with Crippen LogP contribution in [0.1, 0.15) is 29.5 Å². The molecule has 0 bridgehead atoms. The molecule has 98 valence electrons. The van der Waals surface area contributed by atoms with Gasteiger partial charge in [0.1, 0.15) is 12.4 Å². The fourth-order valence-corrected chi connectivity index (χ4v) is 2.35. The van der Waals surface area contributed by atoms with E-state index >= 15 is 0 Å². The Morgan fingerprint density at radius 3 is 2.61 bits per heavy atom. The van der Waals surface area contributed by atoms with E-state index in [-0.39, 0.29) is 5.91 Å². The Hall–Kier alpha value is -1.51. The first-order valence-corrected chi connectivity index (χ1v) is 6.57. The molecular weight excluding hydrogens is 226 g/mol. The minimum Gasteiger partial charge on any atom is -0.491 e. The summed E-state index contributed by atoms with van der Waals surface area (Å²) in [4.78, 5) is 13.4. The van der Waals surface area contributed by atoms with Crippen LogP contribution in [0.15, 0.2) is 12.1 Å². The molecule has 1 fully saturated rings. The molecule has 1 aromatic carbocycles. The zero-order valence-corrected chi connectivity index (χ0v) is 11.5. The standard InChI is InChI=1S/C15H21NO2/c1-11-6-7-12(2)15(13(11)3)18-10-9-16-8-4-5-14(16)17/h6-7H,4-5,8-10H2,1-3H3. The third-order valence-corrected chi connectivity index (χ3v) is 3.65. The van der Waals surface area contributed by atoms with Gasteiger partial charge in [0, 0.05) is 13.0 Å². The van der Waals surface area contributed by atoms with Gasteiger partial charge in [0.2, 0.25) is 5.91 Å². The lowest BCUT2D eigenvalue weighted by molar-refractivity contribution is -0.128. The second-order valence-corrected chi connectivity index (χ2v) is 4.99. The van der Waals surface area contributed by atoms with Crippen LogP contribution in [-0.2, 0) is 4.79 Å². The molecule has 2 rings (SSSR count). The zero-order chi connectivity index (χ0) is 13.1. The van der Waals surface area contributed by atoms with Gasteiger partial charge in [0.05, 0.1) is 6.54 Å². The number of likely N-dealkylation sites (tertiary alicyclic amines) is 1. The van der Waals surface area contributed by atoms with Crippen LogP contribution < -0.4 is 4.74 Å². The molecule has 3 nitrogen and oxygen atoms in total. The van der Waals surface area contributed by atoms with E-state index in [1.165, 1.54) is 11.1 Å². The van der Waals surface area contributed by atoms with Crippen LogP contribution >= 0.6 is 0 Å². The predicted molar refractivity (Wildman–Crippen MR) is 72.0 cm³/mol. The SMILES string of the molecule is Cc1ccc(C)c(OCCN2CCCC2=O)c1C. The molecule has 1 heterocycles. The third kappa shape index (κ3) is 2.66. The van der Waals surface area contributed by atoms with Gasteiger partial charge in [-0.2, -0.15) is 0 Å². The summed E-state index contributed by atoms with van der Waals surface area (Å²) in [5.74, 6) is 1.23. The molecule has 0 radical (unpaired) electrons. The minimum atomic E-state index is 0.260. The molecule has 3 heteroatoms. The number of nitrogens with zero attached hydrogens (tertiary/aromatic N) is 1. The largest absolute Gasteiger partial charge is 0.491 e. The van der Waals surface area contributed by atoms with Crippen molar-refractivity contribution < 1.29 is 9.53 Å². The molecule has 0 saturated carbocycles. The van der Waals surface area contributed by atoms with Crippen LogP contribution in [0.3, 0.4) is 0 Å². The van der Waals surface area contributed by atoms with Gasteiger partial charge in [-0.15, -0.1) is 0 Å². The van der Waals surface area contributed by atoms with Gasteiger partial charge in [-0.25, -0.2) is 0 Å². The number of ether oxygens (including phenoxy) is 1. The maximum absolute atomic E-state index is 11.5. The fraction of sp³-hybridized carbons (Fsp3) is 0.533. The summed E-state index contributed by atoms with van der Waals surface area (Å²) in [5, 5.41) is 0. The molecule has 0 spiro atoms. The van der Waals surface area contributed by atoms with E-state index in [1.807, 2.05) is 4.90 Å². The Morgan fingerprint density at radius 1 is 1.22 bits per heavy atom. The Morgan fingerprint density at radius 2 is 1.94 bits per heavy atom. The maximum Gasteiger partial charge on any atom is 0.222 e. The van der Waals surface area contributed by atoms with E-state index in [0.717, 1.165) is 24.3 Å². The van der Waals surface area contributed by atoms with Crippen molar-refractivity contribution in [1.29, 1.82) is 0 Å². The van der Waals surface area contributed by atoms with E-state index < -0.39 is 0 Å². The number of aryl methyl sites for hydroxylation is 2. The van der Waals surface area contributed by atoms with Crippen molar-refractivity contribution in [2.24, 2.45) is 0 Å². The predicted octanol–water partition coefficient (Wildman–Crippen LogP) is 2.61. The monoisotopic (exact) mass is 247 g/mol. The Balaban J connectivity index is 1.94. The molecule has 1 amide bonds. The maximum atomic E-state index is 11.5. The average molecular weight is 247 g/mol. The molecule has 1 aliphatic heterocycles. The molecular formula is C15H21NO2. The minimum absolute atomic E-state index is 0.260. The van der Waals surface area contributed by atoms with Gasteiger partial charge < -0.3 is 9.64 Å². The molecule has 1 aromatic rings. The highest BCUT2D eigenvalue weighted by Crippen LogP contribution is 2.25. The van der Waals surface area contributed by atoms with Crippen molar-refractivity contribution in [3.63, 3.8) is 0 Å². The Labute approximate surface area is 109 Å². The lowest BCUT2D eigenvalue weighted by Gasteiger charge is -2.18. The first-order chi connectivity index (χ1) is 8.59. The molecule has 0 unspecified atom stereocenters. The second-order valence-electron chi connectivity index (χ2n) is 4.99. The van der Waals surface area contributed by atoms with Crippen LogP contribution in [-0.4, -0.2) is 30.5 Å². The van der Waals surface area contributed by atoms with Crippen LogP contribution in [0.25, 0.3) is 0 Å². The number of hydrogen-bond acceptors (Lipinski definition) is 2.